The normalized spacial score (nSPS) is 16.7. The van der Waals surface area contributed by atoms with E-state index in [-0.39, 0.29) is 24.0 Å². The minimum Gasteiger partial charge on any atom is -0.376 e. The first-order valence-electron chi connectivity index (χ1n) is 9.07. The molecular weight excluding hydrogens is 362 g/mol. The minimum absolute atomic E-state index is 0.0276. The van der Waals surface area contributed by atoms with E-state index in [1.807, 2.05) is 40.6 Å². The molecule has 0 bridgehead atoms. The molecule has 1 unspecified atom stereocenters. The summed E-state index contributed by atoms with van der Waals surface area (Å²) in [4.78, 5) is 28.1. The van der Waals surface area contributed by atoms with Gasteiger partial charge in [-0.05, 0) is 36.4 Å². The number of amides is 1. The molecule has 0 N–H and O–H groups in total. The molecule has 27 heavy (non-hydrogen) atoms. The maximum absolute atomic E-state index is 13.1. The standard InChI is InChI=1S/C20H21N3O3S/c24-19-11-21-23(18-8-2-1-7-17(18)19)14-20(25)22(12-15-5-3-9-26-15)13-16-6-4-10-27-16/h1-2,4,6-8,10-11,15H,3,5,9,12-14H2. The highest BCUT2D eigenvalue weighted by Crippen LogP contribution is 2.18. The summed E-state index contributed by atoms with van der Waals surface area (Å²) >= 11 is 1.64. The van der Waals surface area contributed by atoms with Crippen LogP contribution in [0.3, 0.4) is 0 Å². The number of benzene rings is 1. The molecule has 1 aromatic carbocycles. The fraction of sp³-hybridized carbons (Fsp3) is 0.350. The summed E-state index contributed by atoms with van der Waals surface area (Å²) in [5.41, 5.74) is 0.538. The van der Waals surface area contributed by atoms with Gasteiger partial charge in [-0.15, -0.1) is 11.3 Å². The van der Waals surface area contributed by atoms with Gasteiger partial charge in [0.05, 0.1) is 24.4 Å². The average Bonchev–Trinajstić information content (AvgIpc) is 3.38. The van der Waals surface area contributed by atoms with Gasteiger partial charge in [-0.2, -0.15) is 5.10 Å². The summed E-state index contributed by atoms with van der Waals surface area (Å²) in [7, 11) is 0. The zero-order valence-corrected chi connectivity index (χ0v) is 15.7. The van der Waals surface area contributed by atoms with Crippen LogP contribution in [0.5, 0.6) is 0 Å². The highest BCUT2D eigenvalue weighted by Gasteiger charge is 2.23. The van der Waals surface area contributed by atoms with E-state index >= 15 is 0 Å². The SMILES string of the molecule is O=C(Cn1ncc(=O)c2ccccc21)N(Cc1cccs1)CC1CCCO1. The molecule has 0 spiro atoms. The number of fused-ring (bicyclic) bond motifs is 1. The number of carbonyl (C=O) groups excluding carboxylic acids is 1. The van der Waals surface area contributed by atoms with Crippen LogP contribution in [0.25, 0.3) is 10.9 Å². The quantitative estimate of drug-likeness (QED) is 0.656. The first-order chi connectivity index (χ1) is 13.2. The molecule has 6 nitrogen and oxygen atoms in total. The third-order valence-corrected chi connectivity index (χ3v) is 5.64. The Morgan fingerprint density at radius 2 is 2.19 bits per heavy atom. The predicted molar refractivity (Wildman–Crippen MR) is 105 cm³/mol. The number of para-hydroxylation sites is 1. The topological polar surface area (TPSA) is 64.4 Å². The summed E-state index contributed by atoms with van der Waals surface area (Å²) < 4.78 is 7.34. The summed E-state index contributed by atoms with van der Waals surface area (Å²) in [6.07, 6.45) is 3.39. The predicted octanol–water partition coefficient (Wildman–Crippen LogP) is 2.67. The Hall–Kier alpha value is -2.51. The molecular formula is C20H21N3O3S. The maximum atomic E-state index is 13.1. The van der Waals surface area contributed by atoms with Crippen LogP contribution in [0.2, 0.25) is 0 Å². The van der Waals surface area contributed by atoms with Crippen molar-refractivity contribution in [3.8, 4) is 0 Å². The fourth-order valence-electron chi connectivity index (χ4n) is 3.39. The van der Waals surface area contributed by atoms with Gasteiger partial charge >= 0.3 is 0 Å². The van der Waals surface area contributed by atoms with E-state index in [0.717, 1.165) is 24.3 Å². The zero-order valence-electron chi connectivity index (χ0n) is 14.9. The van der Waals surface area contributed by atoms with E-state index < -0.39 is 0 Å². The first-order valence-corrected chi connectivity index (χ1v) is 9.95. The van der Waals surface area contributed by atoms with E-state index in [2.05, 4.69) is 5.10 Å². The lowest BCUT2D eigenvalue weighted by Gasteiger charge is -2.25. The summed E-state index contributed by atoms with van der Waals surface area (Å²) in [5, 5.41) is 6.77. The Bertz CT molecular complexity index is 978. The molecule has 1 aliphatic rings. The summed E-state index contributed by atoms with van der Waals surface area (Å²) in [6, 6.07) is 11.3. The van der Waals surface area contributed by atoms with Crippen molar-refractivity contribution in [2.24, 2.45) is 0 Å². The van der Waals surface area contributed by atoms with Crippen LogP contribution in [-0.2, 0) is 22.6 Å². The third kappa shape index (κ3) is 4.09. The number of ether oxygens (including phenoxy) is 1. The average molecular weight is 383 g/mol. The molecule has 2 aromatic heterocycles. The maximum Gasteiger partial charge on any atom is 0.244 e. The summed E-state index contributed by atoms with van der Waals surface area (Å²) in [5.74, 6) is -0.0276. The van der Waals surface area contributed by atoms with Gasteiger partial charge in [0.15, 0.2) is 0 Å². The lowest BCUT2D eigenvalue weighted by molar-refractivity contribution is -0.134. The van der Waals surface area contributed by atoms with Crippen molar-refractivity contribution in [1.29, 1.82) is 0 Å². The lowest BCUT2D eigenvalue weighted by atomic mass is 10.2. The number of carbonyl (C=O) groups is 1. The molecule has 0 radical (unpaired) electrons. The van der Waals surface area contributed by atoms with Gasteiger partial charge in [0, 0.05) is 23.4 Å². The van der Waals surface area contributed by atoms with Crippen molar-refractivity contribution in [1.82, 2.24) is 14.7 Å². The largest absolute Gasteiger partial charge is 0.376 e. The molecule has 4 rings (SSSR count). The third-order valence-electron chi connectivity index (χ3n) is 4.77. The number of rotatable bonds is 6. The Balaban J connectivity index is 1.57. The van der Waals surface area contributed by atoms with Gasteiger partial charge in [0.2, 0.25) is 11.3 Å². The van der Waals surface area contributed by atoms with Crippen molar-refractivity contribution in [2.75, 3.05) is 13.2 Å². The summed E-state index contributed by atoms with van der Waals surface area (Å²) in [6.45, 7) is 2.00. The molecule has 0 aliphatic carbocycles. The van der Waals surface area contributed by atoms with Crippen molar-refractivity contribution in [3.63, 3.8) is 0 Å². The molecule has 1 fully saturated rings. The van der Waals surface area contributed by atoms with Gasteiger partial charge in [-0.1, -0.05) is 18.2 Å². The molecule has 3 heterocycles. The molecule has 1 amide bonds. The monoisotopic (exact) mass is 383 g/mol. The Morgan fingerprint density at radius 1 is 1.30 bits per heavy atom. The number of thiophene rings is 1. The highest BCUT2D eigenvalue weighted by atomic mass is 32.1. The molecule has 140 valence electrons. The van der Waals surface area contributed by atoms with E-state index in [9.17, 15) is 9.59 Å². The van der Waals surface area contributed by atoms with Gasteiger partial charge in [0.25, 0.3) is 0 Å². The Morgan fingerprint density at radius 3 is 2.96 bits per heavy atom. The molecule has 1 aliphatic heterocycles. The van der Waals surface area contributed by atoms with E-state index in [4.69, 9.17) is 4.74 Å². The van der Waals surface area contributed by atoms with Crippen molar-refractivity contribution in [3.05, 3.63) is 63.1 Å². The van der Waals surface area contributed by atoms with E-state index in [0.29, 0.717) is 24.0 Å². The molecule has 7 heteroatoms. The second-order valence-corrected chi connectivity index (χ2v) is 7.70. The van der Waals surface area contributed by atoms with Crippen LogP contribution in [0.4, 0.5) is 0 Å². The molecule has 3 aromatic rings. The van der Waals surface area contributed by atoms with Crippen LogP contribution in [-0.4, -0.2) is 39.8 Å². The van der Waals surface area contributed by atoms with Crippen LogP contribution < -0.4 is 5.43 Å². The second kappa shape index (κ2) is 8.02. The first kappa shape index (κ1) is 17.9. The fourth-order valence-corrected chi connectivity index (χ4v) is 4.11. The van der Waals surface area contributed by atoms with Crippen molar-refractivity contribution < 1.29 is 9.53 Å². The van der Waals surface area contributed by atoms with Crippen LogP contribution >= 0.6 is 11.3 Å². The Kier molecular flexibility index (Phi) is 5.31. The smallest absolute Gasteiger partial charge is 0.244 e. The minimum atomic E-state index is -0.135. The van der Waals surface area contributed by atoms with E-state index in [1.165, 1.54) is 6.20 Å². The number of aromatic nitrogens is 2. The molecule has 1 atom stereocenters. The number of hydrogen-bond donors (Lipinski definition) is 0. The number of hydrogen-bond acceptors (Lipinski definition) is 5. The van der Waals surface area contributed by atoms with Crippen LogP contribution in [0.1, 0.15) is 17.7 Å². The zero-order chi connectivity index (χ0) is 18.6. The van der Waals surface area contributed by atoms with Crippen LogP contribution in [0, 0.1) is 0 Å². The van der Waals surface area contributed by atoms with Gasteiger partial charge in [-0.3, -0.25) is 14.3 Å². The molecule has 1 saturated heterocycles. The van der Waals surface area contributed by atoms with Gasteiger partial charge < -0.3 is 9.64 Å². The van der Waals surface area contributed by atoms with E-state index in [1.54, 1.807) is 22.1 Å². The highest BCUT2D eigenvalue weighted by molar-refractivity contribution is 7.09. The molecule has 0 saturated carbocycles. The van der Waals surface area contributed by atoms with Crippen molar-refractivity contribution in [2.45, 2.75) is 32.0 Å². The number of nitrogens with zero attached hydrogens (tertiary/aromatic N) is 3. The van der Waals surface area contributed by atoms with Crippen molar-refractivity contribution >= 4 is 28.1 Å². The second-order valence-electron chi connectivity index (χ2n) is 6.67. The lowest BCUT2D eigenvalue weighted by Crippen LogP contribution is -2.39. The Labute approximate surface area is 161 Å². The van der Waals surface area contributed by atoms with Crippen LogP contribution in [0.15, 0.2) is 52.8 Å². The van der Waals surface area contributed by atoms with Gasteiger partial charge in [0.1, 0.15) is 6.54 Å². The van der Waals surface area contributed by atoms with Gasteiger partial charge in [-0.25, -0.2) is 0 Å².